The monoisotopic (exact) mass is 477 g/mol. The zero-order valence-corrected chi connectivity index (χ0v) is 18.1. The van der Waals surface area contributed by atoms with Crippen molar-refractivity contribution in [2.24, 2.45) is 10.9 Å². The highest BCUT2D eigenvalue weighted by molar-refractivity contribution is 8.18. The lowest BCUT2D eigenvalue weighted by atomic mass is 10.0. The average molecular weight is 477 g/mol. The minimum absolute atomic E-state index is 0.0432. The molecule has 0 aliphatic carbocycles. The Bertz CT molecular complexity index is 946. The fourth-order valence-electron chi connectivity index (χ4n) is 2.98. The Labute approximate surface area is 186 Å². The fraction of sp³-hybridized carbons (Fsp3) is 0.429. The van der Waals surface area contributed by atoms with E-state index in [1.807, 2.05) is 13.0 Å². The van der Waals surface area contributed by atoms with Gasteiger partial charge < -0.3 is 10.2 Å². The number of benzene rings is 1. The largest absolute Gasteiger partial charge is 0.416 e. The van der Waals surface area contributed by atoms with Crippen molar-refractivity contribution in [3.8, 4) is 12.3 Å². The van der Waals surface area contributed by atoms with Crippen molar-refractivity contribution in [1.82, 2.24) is 10.2 Å². The zero-order valence-electron chi connectivity index (χ0n) is 17.3. The van der Waals surface area contributed by atoms with Gasteiger partial charge in [0.1, 0.15) is 12.4 Å². The van der Waals surface area contributed by atoms with E-state index in [1.54, 1.807) is 11.9 Å². The lowest BCUT2D eigenvalue weighted by molar-refractivity contribution is -0.143. The van der Waals surface area contributed by atoms with Gasteiger partial charge in [-0.05, 0) is 55.4 Å². The van der Waals surface area contributed by atoms with Gasteiger partial charge in [-0.1, -0.05) is 25.0 Å². The number of rotatable bonds is 7. The number of aliphatic imine (C=N–C) groups is 1. The van der Waals surface area contributed by atoms with Crippen LogP contribution in [0.25, 0.3) is 0 Å². The number of nitrogens with one attached hydrogen (secondary N) is 1. The molecule has 11 heteroatoms. The predicted molar refractivity (Wildman–Crippen MR) is 112 cm³/mol. The summed E-state index contributed by atoms with van der Waals surface area (Å²) in [5.74, 6) is 2.69. The van der Waals surface area contributed by atoms with E-state index >= 15 is 0 Å². The van der Waals surface area contributed by atoms with Crippen LogP contribution in [-0.4, -0.2) is 36.1 Å². The molecule has 1 amide bonds. The molecule has 1 aliphatic rings. The second kappa shape index (κ2) is 10.4. The molecule has 4 nitrogen and oxygen atoms in total. The van der Waals surface area contributed by atoms with Crippen LogP contribution in [0.2, 0.25) is 0 Å². The number of hydrogen-bond acceptors (Lipinski definition) is 4. The minimum Gasteiger partial charge on any atom is -0.302 e. The second-order valence-electron chi connectivity index (χ2n) is 7.29. The Hall–Kier alpha value is -2.45. The third-order valence-corrected chi connectivity index (χ3v) is 5.41. The maximum absolute atomic E-state index is 13.3. The van der Waals surface area contributed by atoms with E-state index < -0.39 is 23.5 Å². The third kappa shape index (κ3) is 7.31. The van der Waals surface area contributed by atoms with Crippen LogP contribution in [0, 0.1) is 18.3 Å². The first-order chi connectivity index (χ1) is 14.8. The molecule has 0 aromatic heterocycles. The van der Waals surface area contributed by atoms with E-state index in [0.29, 0.717) is 29.8 Å². The Balaban J connectivity index is 2.06. The first-order valence-corrected chi connectivity index (χ1v) is 10.3. The number of amides is 1. The van der Waals surface area contributed by atoms with Crippen LogP contribution < -0.4 is 5.32 Å². The molecule has 1 heterocycles. The number of carbonyl (C=O) groups excluding carboxylic acids is 1. The van der Waals surface area contributed by atoms with Gasteiger partial charge in [0.05, 0.1) is 16.0 Å². The van der Waals surface area contributed by atoms with E-state index in [9.17, 15) is 31.1 Å². The maximum atomic E-state index is 13.3. The van der Waals surface area contributed by atoms with Crippen LogP contribution in [0.1, 0.15) is 30.0 Å². The average Bonchev–Trinajstić information content (AvgIpc) is 3.02. The quantitative estimate of drug-likeness (QED) is 0.414. The highest BCUT2D eigenvalue weighted by atomic mass is 32.2. The molecule has 0 bridgehead atoms. The summed E-state index contributed by atoms with van der Waals surface area (Å²) >= 11 is 0.978. The molecule has 0 spiro atoms. The Kier molecular flexibility index (Phi) is 8.42. The van der Waals surface area contributed by atoms with Gasteiger partial charge in [-0.25, -0.2) is 0 Å². The van der Waals surface area contributed by atoms with Crippen LogP contribution in [0.3, 0.4) is 0 Å². The van der Waals surface area contributed by atoms with E-state index in [1.165, 1.54) is 0 Å². The number of hydrogen-bond donors (Lipinski definition) is 1. The number of allylic oxidation sites excluding steroid dienone is 1. The van der Waals surface area contributed by atoms with E-state index in [0.717, 1.165) is 17.8 Å². The van der Waals surface area contributed by atoms with Crippen LogP contribution in [-0.2, 0) is 18.9 Å². The normalized spacial score (nSPS) is 18.3. The van der Waals surface area contributed by atoms with Gasteiger partial charge in [0.15, 0.2) is 0 Å². The third-order valence-electron chi connectivity index (χ3n) is 4.57. The molecule has 1 unspecified atom stereocenters. The molecule has 1 atom stereocenters. The van der Waals surface area contributed by atoms with E-state index in [-0.39, 0.29) is 35.9 Å². The first-order valence-electron chi connectivity index (χ1n) is 9.46. The smallest absolute Gasteiger partial charge is 0.302 e. The topological polar surface area (TPSA) is 44.7 Å². The summed E-state index contributed by atoms with van der Waals surface area (Å²) in [7, 11) is 1.59. The Morgan fingerprint density at radius 1 is 1.25 bits per heavy atom. The van der Waals surface area contributed by atoms with Crippen molar-refractivity contribution in [2.45, 2.75) is 32.2 Å². The van der Waals surface area contributed by atoms with Crippen molar-refractivity contribution < 1.29 is 31.1 Å². The van der Waals surface area contributed by atoms with Crippen LogP contribution >= 0.6 is 11.8 Å². The highest BCUT2D eigenvalue weighted by Gasteiger charge is 2.38. The number of amidine groups is 1. The minimum atomic E-state index is -4.90. The zero-order chi connectivity index (χ0) is 24.1. The standard InChI is InChI=1S/C21H21F6N3OS/c1-4-8-28-18-17(32-19(31)29-18)10-13(2)7-9-30(3)12-14-5-6-15(20(22,23)24)11-16(14)21(25,26)27/h1,5-6,10-11,13H,7-9,12H2,2-3H3,(H,28,29,31)/b17-10-. The van der Waals surface area contributed by atoms with Gasteiger partial charge in [0.25, 0.3) is 5.24 Å². The van der Waals surface area contributed by atoms with Gasteiger partial charge in [-0.3, -0.25) is 9.79 Å². The van der Waals surface area contributed by atoms with Gasteiger partial charge in [-0.15, -0.1) is 6.42 Å². The molecule has 1 aliphatic heterocycles. The summed E-state index contributed by atoms with van der Waals surface area (Å²) in [6.45, 7) is 2.20. The number of thioether (sulfide) groups is 1. The molecule has 1 fully saturated rings. The van der Waals surface area contributed by atoms with Gasteiger partial charge in [0, 0.05) is 6.54 Å². The summed E-state index contributed by atoms with van der Waals surface area (Å²) < 4.78 is 78.4. The number of carbonyl (C=O) groups is 1. The number of alkyl halides is 6. The Morgan fingerprint density at radius 2 is 1.94 bits per heavy atom. The number of halogens is 6. The van der Waals surface area contributed by atoms with Crippen molar-refractivity contribution in [3.05, 3.63) is 45.9 Å². The van der Waals surface area contributed by atoms with Gasteiger partial charge in [-0.2, -0.15) is 26.3 Å². The number of terminal acetylenes is 1. The molecule has 1 aromatic carbocycles. The van der Waals surface area contributed by atoms with E-state index in [2.05, 4.69) is 16.2 Å². The van der Waals surface area contributed by atoms with Crippen molar-refractivity contribution >= 4 is 22.8 Å². The lowest BCUT2D eigenvalue weighted by Gasteiger charge is -2.22. The van der Waals surface area contributed by atoms with Crippen LogP contribution in [0.15, 0.2) is 34.2 Å². The van der Waals surface area contributed by atoms with Crippen LogP contribution in [0.5, 0.6) is 0 Å². The first kappa shape index (κ1) is 25.8. The van der Waals surface area contributed by atoms with Crippen molar-refractivity contribution in [1.29, 1.82) is 0 Å². The second-order valence-corrected chi connectivity index (χ2v) is 8.30. The Morgan fingerprint density at radius 3 is 2.53 bits per heavy atom. The highest BCUT2D eigenvalue weighted by Crippen LogP contribution is 2.37. The molecule has 0 radical (unpaired) electrons. The summed E-state index contributed by atoms with van der Waals surface area (Å²) in [6.07, 6.45) is -2.22. The van der Waals surface area contributed by atoms with Crippen molar-refractivity contribution in [3.63, 3.8) is 0 Å². The predicted octanol–water partition coefficient (Wildman–Crippen LogP) is 5.55. The summed E-state index contributed by atoms with van der Waals surface area (Å²) in [4.78, 5) is 17.9. The fourth-order valence-corrected chi connectivity index (χ4v) is 3.84. The molecule has 174 valence electrons. The van der Waals surface area contributed by atoms with E-state index in [4.69, 9.17) is 6.42 Å². The summed E-state index contributed by atoms with van der Waals surface area (Å²) in [6, 6.07) is 1.67. The SMILES string of the molecule is C#CCN=C1NC(=O)S/C1=C\C(C)CCN(C)Cc1ccc(C(F)(F)F)cc1C(F)(F)F. The molecule has 2 rings (SSSR count). The molecular weight excluding hydrogens is 456 g/mol. The van der Waals surface area contributed by atoms with Crippen molar-refractivity contribution in [2.75, 3.05) is 20.1 Å². The molecule has 0 saturated carbocycles. The lowest BCUT2D eigenvalue weighted by Crippen LogP contribution is -2.23. The summed E-state index contributed by atoms with van der Waals surface area (Å²) in [5.41, 5.74) is -2.87. The van der Waals surface area contributed by atoms with Gasteiger partial charge >= 0.3 is 12.4 Å². The maximum Gasteiger partial charge on any atom is 0.416 e. The van der Waals surface area contributed by atoms with Crippen LogP contribution in [0.4, 0.5) is 31.1 Å². The molecule has 1 N–H and O–H groups in total. The molecular formula is C21H21F6N3OS. The summed E-state index contributed by atoms with van der Waals surface area (Å²) in [5, 5.41) is 2.31. The molecule has 1 saturated heterocycles. The molecule has 1 aromatic rings. The number of nitrogens with zero attached hydrogens (tertiary/aromatic N) is 2. The molecule has 32 heavy (non-hydrogen) atoms. The van der Waals surface area contributed by atoms with Gasteiger partial charge in [0.2, 0.25) is 0 Å².